The molecule has 1 aliphatic rings. The van der Waals surface area contributed by atoms with E-state index >= 15 is 0 Å². The van der Waals surface area contributed by atoms with Gasteiger partial charge in [0.2, 0.25) is 0 Å². The number of carboxylic acid groups (broad SMARTS) is 1. The van der Waals surface area contributed by atoms with Gasteiger partial charge in [0.05, 0.1) is 16.8 Å². The third-order valence-electron chi connectivity index (χ3n) is 3.28. The van der Waals surface area contributed by atoms with Crippen LogP contribution in [0.2, 0.25) is 0 Å². The van der Waals surface area contributed by atoms with Crippen LogP contribution in [0.5, 0.6) is 0 Å². The van der Waals surface area contributed by atoms with E-state index in [0.717, 1.165) is 11.8 Å². The highest BCUT2D eigenvalue weighted by Crippen LogP contribution is 2.25. The number of carbonyl (C=O) groups is 1. The molecule has 112 valence electrons. The molecule has 1 aliphatic heterocycles. The minimum absolute atomic E-state index is 0.112. The predicted molar refractivity (Wildman–Crippen MR) is 74.6 cm³/mol. The third kappa shape index (κ3) is 3.32. The van der Waals surface area contributed by atoms with Gasteiger partial charge in [-0.25, -0.2) is 8.42 Å². The molecule has 1 unspecified atom stereocenters. The van der Waals surface area contributed by atoms with E-state index in [0.29, 0.717) is 36.8 Å². The Morgan fingerprint density at radius 1 is 1.50 bits per heavy atom. The Hall–Kier alpha value is -1.09. The summed E-state index contributed by atoms with van der Waals surface area (Å²) in [6, 6.07) is 0. The number of hydrogen-bond donors (Lipinski definition) is 1. The molecule has 0 radical (unpaired) electrons. The molecule has 1 atom stereocenters. The Morgan fingerprint density at radius 2 is 2.25 bits per heavy atom. The lowest BCUT2D eigenvalue weighted by Gasteiger charge is -2.13. The zero-order valence-electron chi connectivity index (χ0n) is 11.2. The number of aliphatic carboxylic acids is 1. The molecule has 20 heavy (non-hydrogen) atoms. The van der Waals surface area contributed by atoms with E-state index in [1.165, 1.54) is 0 Å². The number of aryl methyl sites for hydroxylation is 1. The molecule has 2 heterocycles. The van der Waals surface area contributed by atoms with Gasteiger partial charge >= 0.3 is 5.97 Å². The molecule has 1 saturated heterocycles. The molecular weight excluding hydrogens is 302 g/mol. The molecule has 0 aliphatic carbocycles. The molecule has 9 heteroatoms. The van der Waals surface area contributed by atoms with Crippen LogP contribution in [-0.4, -0.2) is 51.0 Å². The Kier molecular flexibility index (Phi) is 4.69. The van der Waals surface area contributed by atoms with Crippen LogP contribution in [0.4, 0.5) is 0 Å². The van der Waals surface area contributed by atoms with Crippen molar-refractivity contribution in [2.24, 2.45) is 0 Å². The molecule has 1 aromatic rings. The average molecular weight is 319 g/mol. The van der Waals surface area contributed by atoms with Crippen LogP contribution in [0.3, 0.4) is 0 Å². The molecule has 1 N–H and O–H groups in total. The Balaban J connectivity index is 2.20. The molecule has 0 aromatic carbocycles. The Morgan fingerprint density at radius 3 is 2.80 bits per heavy atom. The van der Waals surface area contributed by atoms with Crippen LogP contribution in [0.15, 0.2) is 5.16 Å². The zero-order valence-corrected chi connectivity index (χ0v) is 12.8. The van der Waals surface area contributed by atoms with Crippen molar-refractivity contribution in [3.05, 3.63) is 5.82 Å². The van der Waals surface area contributed by atoms with Crippen LogP contribution >= 0.6 is 11.8 Å². The van der Waals surface area contributed by atoms with Crippen molar-refractivity contribution < 1.29 is 18.3 Å². The van der Waals surface area contributed by atoms with Gasteiger partial charge in [-0.2, -0.15) is 0 Å². The summed E-state index contributed by atoms with van der Waals surface area (Å²) >= 11 is 1.07. The molecule has 0 amide bonds. The van der Waals surface area contributed by atoms with Gasteiger partial charge in [0.25, 0.3) is 0 Å². The molecule has 0 bridgehead atoms. The smallest absolute Gasteiger partial charge is 0.313 e. The van der Waals surface area contributed by atoms with E-state index in [9.17, 15) is 13.2 Å². The van der Waals surface area contributed by atoms with Crippen LogP contribution in [0, 0.1) is 0 Å². The summed E-state index contributed by atoms with van der Waals surface area (Å²) in [5, 5.41) is 16.8. The first kappa shape index (κ1) is 15.3. The molecule has 7 nitrogen and oxygen atoms in total. The highest BCUT2D eigenvalue weighted by Gasteiger charge is 2.32. The number of carboxylic acids is 1. The highest BCUT2D eigenvalue weighted by atomic mass is 32.2. The highest BCUT2D eigenvalue weighted by molar-refractivity contribution is 7.99. The van der Waals surface area contributed by atoms with Crippen molar-refractivity contribution >= 4 is 27.6 Å². The lowest BCUT2D eigenvalue weighted by molar-refractivity contribution is -0.133. The fourth-order valence-corrected chi connectivity index (χ4v) is 4.76. The Labute approximate surface area is 121 Å². The third-order valence-corrected chi connectivity index (χ3v) is 6.49. The standard InChI is InChI=1S/C11H17N3O4S2/c1-2-9-12-13-11(19-7-10(15)16)14(9)6-8-4-3-5-20(8,17)18/h8H,2-7H2,1H3,(H,15,16). The molecular formula is C11H17N3O4S2. The molecule has 2 rings (SSSR count). The van der Waals surface area contributed by atoms with E-state index in [2.05, 4.69) is 10.2 Å². The van der Waals surface area contributed by atoms with E-state index in [1.807, 2.05) is 6.92 Å². The summed E-state index contributed by atoms with van der Waals surface area (Å²) in [6.07, 6.45) is 1.97. The minimum Gasteiger partial charge on any atom is -0.481 e. The lowest BCUT2D eigenvalue weighted by atomic mass is 10.2. The molecule has 1 fully saturated rings. The number of thioether (sulfide) groups is 1. The normalized spacial score (nSPS) is 21.1. The summed E-state index contributed by atoms with van der Waals surface area (Å²) in [5.74, 6) is -0.117. The second kappa shape index (κ2) is 6.13. The van der Waals surface area contributed by atoms with Crippen LogP contribution in [0.25, 0.3) is 0 Å². The van der Waals surface area contributed by atoms with E-state index < -0.39 is 21.1 Å². The van der Waals surface area contributed by atoms with Crippen molar-refractivity contribution in [3.8, 4) is 0 Å². The topological polar surface area (TPSA) is 102 Å². The quantitative estimate of drug-likeness (QED) is 0.766. The van der Waals surface area contributed by atoms with Gasteiger partial charge in [-0.15, -0.1) is 10.2 Å². The van der Waals surface area contributed by atoms with E-state index in [4.69, 9.17) is 5.11 Å². The summed E-state index contributed by atoms with van der Waals surface area (Å²) < 4.78 is 25.6. The van der Waals surface area contributed by atoms with Gasteiger partial charge in [0, 0.05) is 13.0 Å². The van der Waals surface area contributed by atoms with Gasteiger partial charge in [-0.1, -0.05) is 18.7 Å². The number of aromatic nitrogens is 3. The minimum atomic E-state index is -3.04. The number of nitrogens with zero attached hydrogens (tertiary/aromatic N) is 3. The van der Waals surface area contributed by atoms with Gasteiger partial charge < -0.3 is 9.67 Å². The number of sulfone groups is 1. The zero-order chi connectivity index (χ0) is 14.8. The largest absolute Gasteiger partial charge is 0.481 e. The number of hydrogen-bond acceptors (Lipinski definition) is 6. The Bertz CT molecular complexity index is 597. The molecule has 0 saturated carbocycles. The first-order chi connectivity index (χ1) is 9.44. The van der Waals surface area contributed by atoms with Crippen molar-refractivity contribution in [2.75, 3.05) is 11.5 Å². The van der Waals surface area contributed by atoms with Crippen LogP contribution in [-0.2, 0) is 27.6 Å². The van der Waals surface area contributed by atoms with Crippen molar-refractivity contribution in [3.63, 3.8) is 0 Å². The van der Waals surface area contributed by atoms with E-state index in [1.54, 1.807) is 4.57 Å². The number of rotatable bonds is 6. The van der Waals surface area contributed by atoms with Crippen molar-refractivity contribution in [1.29, 1.82) is 0 Å². The maximum Gasteiger partial charge on any atom is 0.313 e. The van der Waals surface area contributed by atoms with Gasteiger partial charge in [0.15, 0.2) is 15.0 Å². The summed E-state index contributed by atoms with van der Waals surface area (Å²) in [7, 11) is -3.04. The maximum absolute atomic E-state index is 11.9. The second-order valence-electron chi connectivity index (χ2n) is 4.68. The monoisotopic (exact) mass is 319 g/mol. The predicted octanol–water partition coefficient (Wildman–Crippen LogP) is 0.594. The fraction of sp³-hybridized carbons (Fsp3) is 0.727. The van der Waals surface area contributed by atoms with E-state index in [-0.39, 0.29) is 11.5 Å². The molecule has 0 spiro atoms. The first-order valence-corrected chi connectivity index (χ1v) is 9.12. The second-order valence-corrected chi connectivity index (χ2v) is 8.02. The average Bonchev–Trinajstić information content (AvgIpc) is 2.91. The summed E-state index contributed by atoms with van der Waals surface area (Å²) in [5.41, 5.74) is 0. The van der Waals surface area contributed by atoms with Crippen molar-refractivity contribution in [2.45, 2.75) is 43.1 Å². The summed E-state index contributed by atoms with van der Waals surface area (Å²) in [6.45, 7) is 2.23. The fourth-order valence-electron chi connectivity index (χ4n) is 2.26. The first-order valence-electron chi connectivity index (χ1n) is 6.42. The van der Waals surface area contributed by atoms with Gasteiger partial charge in [0.1, 0.15) is 5.82 Å². The lowest BCUT2D eigenvalue weighted by Crippen LogP contribution is -2.23. The van der Waals surface area contributed by atoms with Gasteiger partial charge in [-0.3, -0.25) is 4.79 Å². The van der Waals surface area contributed by atoms with Crippen molar-refractivity contribution in [1.82, 2.24) is 14.8 Å². The molecule has 1 aromatic heterocycles. The maximum atomic E-state index is 11.9. The van der Waals surface area contributed by atoms with Crippen LogP contribution < -0.4 is 0 Å². The SMILES string of the molecule is CCc1nnc(SCC(=O)O)n1CC1CCCS1(=O)=O. The van der Waals surface area contributed by atoms with Crippen LogP contribution in [0.1, 0.15) is 25.6 Å². The van der Waals surface area contributed by atoms with Gasteiger partial charge in [-0.05, 0) is 12.8 Å². The summed E-state index contributed by atoms with van der Waals surface area (Å²) in [4.78, 5) is 10.6.